The second-order valence-electron chi connectivity index (χ2n) is 5.51. The topological polar surface area (TPSA) is 38.3 Å². The molecule has 1 heterocycles. The van der Waals surface area contributed by atoms with E-state index in [9.17, 15) is 4.79 Å². The zero-order valence-corrected chi connectivity index (χ0v) is 13.2. The van der Waals surface area contributed by atoms with Crippen LogP contribution in [0.2, 0.25) is 5.02 Å². The molecule has 0 saturated heterocycles. The van der Waals surface area contributed by atoms with Crippen molar-refractivity contribution in [3.8, 4) is 5.75 Å². The van der Waals surface area contributed by atoms with E-state index >= 15 is 0 Å². The van der Waals surface area contributed by atoms with Crippen molar-refractivity contribution in [2.45, 2.75) is 19.8 Å². The van der Waals surface area contributed by atoms with Gasteiger partial charge in [0.15, 0.2) is 0 Å². The summed E-state index contributed by atoms with van der Waals surface area (Å²) < 4.78 is 5.68. The summed E-state index contributed by atoms with van der Waals surface area (Å²) in [7, 11) is 0. The number of aryl methyl sites for hydroxylation is 1. The van der Waals surface area contributed by atoms with Gasteiger partial charge in [-0.3, -0.25) is 4.79 Å². The molecule has 114 valence electrons. The number of rotatable bonds is 3. The molecule has 22 heavy (non-hydrogen) atoms. The minimum Gasteiger partial charge on any atom is -0.492 e. The molecule has 2 aromatic rings. The van der Waals surface area contributed by atoms with Crippen LogP contribution >= 0.6 is 11.6 Å². The van der Waals surface area contributed by atoms with Gasteiger partial charge in [0.2, 0.25) is 5.91 Å². The highest BCUT2D eigenvalue weighted by Gasteiger charge is 2.26. The van der Waals surface area contributed by atoms with Gasteiger partial charge in [-0.05, 0) is 54.3 Å². The Labute approximate surface area is 135 Å². The number of anilines is 1. The number of benzene rings is 2. The molecule has 0 fully saturated rings. The van der Waals surface area contributed by atoms with Gasteiger partial charge in [0.25, 0.3) is 0 Å². The highest BCUT2D eigenvalue weighted by Crippen LogP contribution is 2.30. The minimum atomic E-state index is -0.198. The average molecular weight is 316 g/mol. The zero-order chi connectivity index (χ0) is 15.5. The molecule has 1 unspecified atom stereocenters. The quantitative estimate of drug-likeness (QED) is 0.926. The summed E-state index contributed by atoms with van der Waals surface area (Å²) in [6.07, 6.45) is 1.59. The molecule has 1 aliphatic heterocycles. The van der Waals surface area contributed by atoms with Crippen molar-refractivity contribution in [2.24, 2.45) is 5.92 Å². The van der Waals surface area contributed by atoms with E-state index in [4.69, 9.17) is 16.3 Å². The Morgan fingerprint density at radius 1 is 1.32 bits per heavy atom. The van der Waals surface area contributed by atoms with Crippen molar-refractivity contribution in [3.05, 3.63) is 58.6 Å². The van der Waals surface area contributed by atoms with Crippen molar-refractivity contribution in [3.63, 3.8) is 0 Å². The lowest BCUT2D eigenvalue weighted by atomic mass is 9.96. The third kappa shape index (κ3) is 3.25. The summed E-state index contributed by atoms with van der Waals surface area (Å²) in [4.78, 5) is 12.4. The zero-order valence-electron chi connectivity index (χ0n) is 12.4. The van der Waals surface area contributed by atoms with Crippen LogP contribution in [0.5, 0.6) is 5.75 Å². The number of fused-ring (bicyclic) bond motifs is 1. The summed E-state index contributed by atoms with van der Waals surface area (Å²) in [5, 5.41) is 3.65. The largest absolute Gasteiger partial charge is 0.492 e. The monoisotopic (exact) mass is 315 g/mol. The molecule has 2 aromatic carbocycles. The second-order valence-corrected chi connectivity index (χ2v) is 5.94. The molecule has 0 aromatic heterocycles. The maximum Gasteiger partial charge on any atom is 0.231 e. The van der Waals surface area contributed by atoms with Crippen LogP contribution in [-0.2, 0) is 17.6 Å². The third-order valence-electron chi connectivity index (χ3n) is 3.90. The number of nitrogens with one attached hydrogen (secondary N) is 1. The third-order valence-corrected chi connectivity index (χ3v) is 4.14. The first-order valence-electron chi connectivity index (χ1n) is 7.46. The van der Waals surface area contributed by atoms with Crippen LogP contribution in [0.15, 0.2) is 42.5 Å². The smallest absolute Gasteiger partial charge is 0.231 e. The molecule has 0 bridgehead atoms. The number of amides is 1. The van der Waals surface area contributed by atoms with Gasteiger partial charge in [-0.25, -0.2) is 0 Å². The molecule has 3 rings (SSSR count). The number of ether oxygens (including phenoxy) is 1. The highest BCUT2D eigenvalue weighted by molar-refractivity contribution is 6.30. The van der Waals surface area contributed by atoms with E-state index in [-0.39, 0.29) is 11.8 Å². The minimum absolute atomic E-state index is 0.0149. The predicted molar refractivity (Wildman–Crippen MR) is 88.6 cm³/mol. The van der Waals surface area contributed by atoms with Gasteiger partial charge >= 0.3 is 0 Å². The van der Waals surface area contributed by atoms with Gasteiger partial charge in [-0.1, -0.05) is 30.7 Å². The van der Waals surface area contributed by atoms with Crippen molar-refractivity contribution in [1.29, 1.82) is 0 Å². The number of halogens is 1. The van der Waals surface area contributed by atoms with Crippen molar-refractivity contribution in [1.82, 2.24) is 0 Å². The van der Waals surface area contributed by atoms with Gasteiger partial charge in [0, 0.05) is 10.7 Å². The predicted octanol–water partition coefficient (Wildman–Crippen LogP) is 4.09. The fourth-order valence-corrected chi connectivity index (χ4v) is 2.84. The van der Waals surface area contributed by atoms with Crippen LogP contribution in [0.25, 0.3) is 0 Å². The van der Waals surface area contributed by atoms with E-state index in [0.717, 1.165) is 23.4 Å². The fourth-order valence-electron chi connectivity index (χ4n) is 2.64. The first-order valence-corrected chi connectivity index (χ1v) is 7.84. The molecular formula is C18H18ClNO2. The van der Waals surface area contributed by atoms with E-state index in [0.29, 0.717) is 18.1 Å². The molecule has 0 radical (unpaired) electrons. The average Bonchev–Trinajstić information content (AvgIpc) is 2.54. The molecule has 1 N–H and O–H groups in total. The van der Waals surface area contributed by atoms with E-state index in [1.807, 2.05) is 30.3 Å². The highest BCUT2D eigenvalue weighted by atomic mass is 35.5. The molecule has 0 aliphatic carbocycles. The molecule has 3 nitrogen and oxygen atoms in total. The number of carbonyl (C=O) groups excluding carboxylic acids is 1. The summed E-state index contributed by atoms with van der Waals surface area (Å²) in [5.41, 5.74) is 3.03. The maximum atomic E-state index is 12.4. The number of carbonyl (C=O) groups is 1. The summed E-state index contributed by atoms with van der Waals surface area (Å²) in [6.45, 7) is 2.49. The lowest BCUT2D eigenvalue weighted by Gasteiger charge is -2.24. The summed E-state index contributed by atoms with van der Waals surface area (Å²) >= 11 is 6.01. The Morgan fingerprint density at radius 3 is 3.00 bits per heavy atom. The molecule has 0 saturated carbocycles. The Bertz CT molecular complexity index is 699. The molecular weight excluding hydrogens is 298 g/mol. The number of hydrogen-bond acceptors (Lipinski definition) is 2. The Hall–Kier alpha value is -2.00. The Balaban J connectivity index is 1.71. The van der Waals surface area contributed by atoms with Gasteiger partial charge in [0.1, 0.15) is 12.4 Å². The number of hydrogen-bond donors (Lipinski definition) is 1. The molecule has 0 spiro atoms. The van der Waals surface area contributed by atoms with Crippen molar-refractivity contribution >= 4 is 23.2 Å². The second kappa shape index (κ2) is 6.41. The van der Waals surface area contributed by atoms with E-state index in [2.05, 4.69) is 18.3 Å². The maximum absolute atomic E-state index is 12.4. The Morgan fingerprint density at radius 2 is 2.18 bits per heavy atom. The van der Waals surface area contributed by atoms with Gasteiger partial charge < -0.3 is 10.1 Å². The van der Waals surface area contributed by atoms with E-state index in [1.54, 1.807) is 6.07 Å². The lowest BCUT2D eigenvalue weighted by molar-refractivity contribution is -0.121. The fraction of sp³-hybridized carbons (Fsp3) is 0.278. The van der Waals surface area contributed by atoms with Crippen molar-refractivity contribution in [2.75, 3.05) is 11.9 Å². The Kier molecular flexibility index (Phi) is 4.34. The van der Waals surface area contributed by atoms with E-state index in [1.165, 1.54) is 5.56 Å². The van der Waals surface area contributed by atoms with E-state index < -0.39 is 0 Å². The standard InChI is InChI=1S/C18H18ClNO2/c1-2-12-4-3-5-16(8-12)20-18(21)14-9-13-10-15(19)6-7-17(13)22-11-14/h3-8,10,14H,2,9,11H2,1H3,(H,20,21). The first-order chi connectivity index (χ1) is 10.7. The summed E-state index contributed by atoms with van der Waals surface area (Å²) in [5.74, 6) is 0.608. The van der Waals surface area contributed by atoms with Gasteiger partial charge in [0.05, 0.1) is 5.92 Å². The normalized spacial score (nSPS) is 16.5. The van der Waals surface area contributed by atoms with Crippen LogP contribution in [0, 0.1) is 5.92 Å². The van der Waals surface area contributed by atoms with Crippen molar-refractivity contribution < 1.29 is 9.53 Å². The lowest BCUT2D eigenvalue weighted by Crippen LogP contribution is -2.32. The van der Waals surface area contributed by atoms with Gasteiger partial charge in [-0.2, -0.15) is 0 Å². The molecule has 1 amide bonds. The summed E-state index contributed by atoms with van der Waals surface area (Å²) in [6, 6.07) is 13.5. The van der Waals surface area contributed by atoms with Crippen LogP contribution in [-0.4, -0.2) is 12.5 Å². The molecule has 1 atom stereocenters. The van der Waals surface area contributed by atoms with Crippen LogP contribution in [0.3, 0.4) is 0 Å². The van der Waals surface area contributed by atoms with Crippen LogP contribution in [0.4, 0.5) is 5.69 Å². The van der Waals surface area contributed by atoms with Gasteiger partial charge in [-0.15, -0.1) is 0 Å². The molecule has 4 heteroatoms. The molecule has 1 aliphatic rings. The van der Waals surface area contributed by atoms with Crippen LogP contribution in [0.1, 0.15) is 18.1 Å². The van der Waals surface area contributed by atoms with Crippen LogP contribution < -0.4 is 10.1 Å². The first kappa shape index (κ1) is 14.9. The SMILES string of the molecule is CCc1cccc(NC(=O)C2COc3ccc(Cl)cc3C2)c1.